The molecule has 2 aromatic heterocycles. The number of aromatic nitrogens is 4. The van der Waals surface area contributed by atoms with Gasteiger partial charge in [0.15, 0.2) is 5.16 Å². The number of sulfonamides is 1. The number of thioether (sulfide) groups is 1. The van der Waals surface area contributed by atoms with Crippen LogP contribution in [0.2, 0.25) is 0 Å². The molecule has 174 valence electrons. The predicted molar refractivity (Wildman–Crippen MR) is 130 cm³/mol. The molecule has 0 aliphatic carbocycles. The number of para-hydroxylation sites is 2. The summed E-state index contributed by atoms with van der Waals surface area (Å²) in [6, 6.07) is 12.7. The number of carbonyl (C=O) groups excluding carboxylic acids is 1. The van der Waals surface area contributed by atoms with Crippen molar-refractivity contribution in [3.63, 3.8) is 0 Å². The van der Waals surface area contributed by atoms with Crippen molar-refractivity contribution in [3.05, 3.63) is 48.0 Å². The number of nitrogens with one attached hydrogen (secondary N) is 2. The molecule has 0 spiro atoms. The first-order valence-corrected chi connectivity index (χ1v) is 13.0. The van der Waals surface area contributed by atoms with Crippen LogP contribution in [-0.4, -0.2) is 56.6 Å². The largest absolute Gasteiger partial charge is 0.325 e. The molecule has 11 heteroatoms. The minimum Gasteiger partial charge on any atom is -0.325 e. The number of carbonyl (C=O) groups is 1. The fourth-order valence-corrected chi connectivity index (χ4v) is 6.21. The van der Waals surface area contributed by atoms with Crippen molar-refractivity contribution in [1.82, 2.24) is 23.9 Å². The van der Waals surface area contributed by atoms with Crippen molar-refractivity contribution in [1.29, 1.82) is 0 Å². The Morgan fingerprint density at radius 3 is 2.67 bits per heavy atom. The quantitative estimate of drug-likeness (QED) is 0.368. The van der Waals surface area contributed by atoms with E-state index in [1.165, 1.54) is 22.1 Å². The third-order valence-electron chi connectivity index (χ3n) is 5.43. The number of aromatic amines is 1. The zero-order valence-corrected chi connectivity index (χ0v) is 20.5. The molecular formula is C22H26N6O3S2. The minimum atomic E-state index is -3.64. The summed E-state index contributed by atoms with van der Waals surface area (Å²) >= 11 is 1.29. The van der Waals surface area contributed by atoms with Crippen molar-refractivity contribution in [2.75, 3.05) is 18.4 Å². The molecule has 2 N–H and O–H groups in total. The number of hydrogen-bond donors (Lipinski definition) is 2. The molecule has 4 aromatic rings. The van der Waals surface area contributed by atoms with Gasteiger partial charge in [-0.1, -0.05) is 43.8 Å². The normalized spacial score (nSPS) is 13.1. The Labute approximate surface area is 196 Å². The van der Waals surface area contributed by atoms with Gasteiger partial charge in [0.2, 0.25) is 21.7 Å². The van der Waals surface area contributed by atoms with E-state index in [1.54, 1.807) is 39.8 Å². The van der Waals surface area contributed by atoms with Crippen molar-refractivity contribution in [3.8, 4) is 0 Å². The summed E-state index contributed by atoms with van der Waals surface area (Å²) in [4.78, 5) is 17.6. The number of rotatable bonds is 8. The van der Waals surface area contributed by atoms with Crippen molar-refractivity contribution in [2.45, 2.75) is 43.0 Å². The molecule has 33 heavy (non-hydrogen) atoms. The number of fused-ring (bicyclic) bond motifs is 3. The van der Waals surface area contributed by atoms with Gasteiger partial charge >= 0.3 is 0 Å². The van der Waals surface area contributed by atoms with Gasteiger partial charge in [0.25, 0.3) is 0 Å². The van der Waals surface area contributed by atoms with Crippen molar-refractivity contribution in [2.24, 2.45) is 0 Å². The molecule has 0 aliphatic heterocycles. The zero-order valence-electron chi connectivity index (χ0n) is 18.9. The summed E-state index contributed by atoms with van der Waals surface area (Å²) in [7, 11) is -3.64. The lowest BCUT2D eigenvalue weighted by Crippen LogP contribution is -2.31. The van der Waals surface area contributed by atoms with Gasteiger partial charge in [0, 0.05) is 18.8 Å². The van der Waals surface area contributed by atoms with E-state index >= 15 is 0 Å². The molecule has 0 saturated heterocycles. The second-order valence-corrected chi connectivity index (χ2v) is 10.8. The number of imidazole rings is 1. The lowest BCUT2D eigenvalue weighted by Gasteiger charge is -2.20. The van der Waals surface area contributed by atoms with Gasteiger partial charge in [0.1, 0.15) is 0 Å². The average molecular weight is 487 g/mol. The van der Waals surface area contributed by atoms with Crippen LogP contribution < -0.4 is 5.32 Å². The Bertz CT molecular complexity index is 1420. The molecule has 0 radical (unpaired) electrons. The molecule has 2 heterocycles. The molecule has 0 aliphatic rings. The summed E-state index contributed by atoms with van der Waals surface area (Å²) in [5, 5.41) is 10.2. The molecular weight excluding hydrogens is 460 g/mol. The van der Waals surface area contributed by atoms with Gasteiger partial charge < -0.3 is 5.32 Å². The highest BCUT2D eigenvalue weighted by atomic mass is 32.2. The third-order valence-corrected chi connectivity index (χ3v) is 8.68. The third kappa shape index (κ3) is 4.35. The highest BCUT2D eigenvalue weighted by Crippen LogP contribution is 2.28. The van der Waals surface area contributed by atoms with Crippen LogP contribution in [0, 0.1) is 6.92 Å². The van der Waals surface area contributed by atoms with Crippen molar-refractivity contribution >= 4 is 50.2 Å². The van der Waals surface area contributed by atoms with E-state index in [-0.39, 0.29) is 10.8 Å². The number of hydrogen-bond acceptors (Lipinski definition) is 6. The number of H-pyrrole nitrogens is 1. The van der Waals surface area contributed by atoms with Gasteiger partial charge in [-0.25, -0.2) is 18.5 Å². The molecule has 4 rings (SSSR count). The molecule has 9 nitrogen and oxygen atoms in total. The Kier molecular flexibility index (Phi) is 6.46. The van der Waals surface area contributed by atoms with Gasteiger partial charge in [-0.15, -0.1) is 5.10 Å². The van der Waals surface area contributed by atoms with Crippen LogP contribution >= 0.6 is 11.8 Å². The summed E-state index contributed by atoms with van der Waals surface area (Å²) in [6.07, 6.45) is 0. The van der Waals surface area contributed by atoms with Crippen LogP contribution in [0.25, 0.3) is 16.8 Å². The van der Waals surface area contributed by atoms with Crippen molar-refractivity contribution < 1.29 is 13.2 Å². The van der Waals surface area contributed by atoms with E-state index in [2.05, 4.69) is 20.5 Å². The van der Waals surface area contributed by atoms with E-state index in [0.717, 1.165) is 11.0 Å². The zero-order chi connectivity index (χ0) is 23.8. The van der Waals surface area contributed by atoms with E-state index in [9.17, 15) is 13.2 Å². The smallest absolute Gasteiger partial charge is 0.243 e. The minimum absolute atomic E-state index is 0.197. The number of amides is 1. The second-order valence-electron chi connectivity index (χ2n) is 7.58. The standard InChI is InChI=1S/C22H26N6O3S2/c1-5-27(6-2)33(30,31)19-13-16(12-11-14(19)3)23-20(29)15(4)32-22-26-25-21-24-17-9-7-8-10-18(17)28(21)22/h7-13,15H,5-6H2,1-4H3,(H,23,29)(H,24,25). The summed E-state index contributed by atoms with van der Waals surface area (Å²) in [5.74, 6) is 0.353. The predicted octanol–water partition coefficient (Wildman–Crippen LogP) is 3.67. The lowest BCUT2D eigenvalue weighted by atomic mass is 10.2. The first kappa shape index (κ1) is 23.3. The number of benzene rings is 2. The average Bonchev–Trinajstić information content (AvgIpc) is 3.35. The molecule has 0 fully saturated rings. The van der Waals surface area contributed by atoms with E-state index in [1.807, 2.05) is 28.7 Å². The van der Waals surface area contributed by atoms with E-state index < -0.39 is 15.3 Å². The second kappa shape index (κ2) is 9.16. The molecule has 1 atom stereocenters. The van der Waals surface area contributed by atoms with Gasteiger partial charge in [-0.2, -0.15) is 4.31 Å². The highest BCUT2D eigenvalue weighted by Gasteiger charge is 2.25. The molecule has 1 unspecified atom stereocenters. The fourth-order valence-electron chi connectivity index (χ4n) is 3.64. The molecule has 2 aromatic carbocycles. The van der Waals surface area contributed by atoms with E-state index in [4.69, 9.17) is 0 Å². The summed E-state index contributed by atoms with van der Waals surface area (Å²) < 4.78 is 29.3. The van der Waals surface area contributed by atoms with Gasteiger partial charge in [-0.05, 0) is 43.7 Å². The Morgan fingerprint density at radius 2 is 1.94 bits per heavy atom. The van der Waals surface area contributed by atoms with Gasteiger partial charge in [0.05, 0.1) is 21.2 Å². The van der Waals surface area contributed by atoms with Crippen LogP contribution in [0.15, 0.2) is 52.5 Å². The summed E-state index contributed by atoms with van der Waals surface area (Å²) in [6.45, 7) is 7.89. The number of anilines is 1. The van der Waals surface area contributed by atoms with Crippen LogP contribution in [0.1, 0.15) is 26.3 Å². The maximum Gasteiger partial charge on any atom is 0.243 e. The first-order chi connectivity index (χ1) is 15.8. The molecule has 0 bridgehead atoms. The summed E-state index contributed by atoms with van der Waals surface area (Å²) in [5.41, 5.74) is 2.81. The molecule has 0 saturated carbocycles. The maximum atomic E-state index is 13.0. The number of aryl methyl sites for hydroxylation is 1. The lowest BCUT2D eigenvalue weighted by molar-refractivity contribution is -0.115. The monoisotopic (exact) mass is 486 g/mol. The first-order valence-electron chi connectivity index (χ1n) is 10.7. The SMILES string of the molecule is CCN(CC)S(=O)(=O)c1cc(NC(=O)C(C)Sc2n[nH]c3nc4ccccc4n23)ccc1C. The van der Waals surface area contributed by atoms with Crippen LogP contribution in [0.5, 0.6) is 0 Å². The van der Waals surface area contributed by atoms with E-state index in [0.29, 0.717) is 35.3 Å². The Balaban J connectivity index is 1.55. The Hall–Kier alpha value is -2.89. The fraction of sp³-hybridized carbons (Fsp3) is 0.318. The topological polar surface area (TPSA) is 112 Å². The number of nitrogens with zero attached hydrogens (tertiary/aromatic N) is 4. The molecule has 1 amide bonds. The van der Waals surface area contributed by atoms with Gasteiger partial charge in [-0.3, -0.25) is 9.20 Å². The Morgan fingerprint density at radius 1 is 1.21 bits per heavy atom. The van der Waals surface area contributed by atoms with Crippen LogP contribution in [0.4, 0.5) is 5.69 Å². The maximum absolute atomic E-state index is 13.0. The van der Waals surface area contributed by atoms with Crippen LogP contribution in [0.3, 0.4) is 0 Å². The van der Waals surface area contributed by atoms with Crippen LogP contribution in [-0.2, 0) is 14.8 Å². The highest BCUT2D eigenvalue weighted by molar-refractivity contribution is 8.00.